The van der Waals surface area contributed by atoms with E-state index in [9.17, 15) is 13.2 Å². The summed E-state index contributed by atoms with van der Waals surface area (Å²) < 4.78 is 34.5. The van der Waals surface area contributed by atoms with Crippen molar-refractivity contribution < 1.29 is 17.9 Å². The molecule has 26 heavy (non-hydrogen) atoms. The number of fused-ring (bicyclic) bond motifs is 1. The van der Waals surface area contributed by atoms with Gasteiger partial charge in [-0.05, 0) is 37.6 Å². The SMILES string of the molecule is CCOC(=O)c1sc2ccccc2c1S(=O)(=O)Nc1cccc(Cl)c1C. The molecular weight excluding hydrogens is 394 g/mol. The number of nitrogens with one attached hydrogen (secondary N) is 1. The van der Waals surface area contributed by atoms with E-state index in [-0.39, 0.29) is 16.4 Å². The molecule has 0 bridgehead atoms. The summed E-state index contributed by atoms with van der Waals surface area (Å²) in [7, 11) is -4.03. The minimum atomic E-state index is -4.03. The Balaban J connectivity index is 2.17. The van der Waals surface area contributed by atoms with E-state index < -0.39 is 16.0 Å². The maximum atomic E-state index is 13.1. The van der Waals surface area contributed by atoms with Gasteiger partial charge in [0.1, 0.15) is 9.77 Å². The largest absolute Gasteiger partial charge is 0.462 e. The lowest BCUT2D eigenvalue weighted by Crippen LogP contribution is -2.17. The average Bonchev–Trinajstić information content (AvgIpc) is 2.99. The van der Waals surface area contributed by atoms with Crippen LogP contribution in [0.5, 0.6) is 0 Å². The molecule has 2 aromatic carbocycles. The Bertz CT molecular complexity index is 1090. The fourth-order valence-corrected chi connectivity index (χ4v) is 5.63. The number of rotatable bonds is 5. The van der Waals surface area contributed by atoms with E-state index >= 15 is 0 Å². The van der Waals surface area contributed by atoms with E-state index in [0.29, 0.717) is 26.4 Å². The van der Waals surface area contributed by atoms with Gasteiger partial charge in [-0.1, -0.05) is 35.9 Å². The summed E-state index contributed by atoms with van der Waals surface area (Å²) in [6.45, 7) is 3.55. The number of esters is 1. The van der Waals surface area contributed by atoms with Gasteiger partial charge in [0, 0.05) is 15.1 Å². The van der Waals surface area contributed by atoms with Gasteiger partial charge in [-0.2, -0.15) is 0 Å². The molecule has 0 spiro atoms. The molecule has 0 aliphatic carbocycles. The van der Waals surface area contributed by atoms with E-state index in [4.69, 9.17) is 16.3 Å². The quantitative estimate of drug-likeness (QED) is 0.612. The van der Waals surface area contributed by atoms with Gasteiger partial charge in [-0.25, -0.2) is 13.2 Å². The number of halogens is 1. The van der Waals surface area contributed by atoms with Crippen molar-refractivity contribution in [2.75, 3.05) is 11.3 Å². The number of anilines is 1. The van der Waals surface area contributed by atoms with Crippen LogP contribution < -0.4 is 4.72 Å². The molecule has 0 saturated heterocycles. The summed E-state index contributed by atoms with van der Waals surface area (Å²) in [4.78, 5) is 12.3. The molecule has 136 valence electrons. The molecule has 1 aromatic heterocycles. The number of hydrogen-bond acceptors (Lipinski definition) is 5. The highest BCUT2D eigenvalue weighted by molar-refractivity contribution is 7.93. The molecule has 0 aliphatic rings. The molecule has 0 radical (unpaired) electrons. The van der Waals surface area contributed by atoms with Crippen molar-refractivity contribution in [3.8, 4) is 0 Å². The monoisotopic (exact) mass is 409 g/mol. The molecule has 1 heterocycles. The van der Waals surface area contributed by atoms with Crippen molar-refractivity contribution in [2.24, 2.45) is 0 Å². The Labute approximate surface area is 160 Å². The predicted molar refractivity (Wildman–Crippen MR) is 105 cm³/mol. The van der Waals surface area contributed by atoms with Gasteiger partial charge in [0.2, 0.25) is 0 Å². The molecular formula is C18H16ClNO4S2. The minimum absolute atomic E-state index is 0.0558. The Morgan fingerprint density at radius 2 is 1.92 bits per heavy atom. The van der Waals surface area contributed by atoms with Crippen molar-refractivity contribution >= 4 is 54.7 Å². The van der Waals surface area contributed by atoms with E-state index in [0.717, 1.165) is 11.3 Å². The van der Waals surface area contributed by atoms with Crippen LogP contribution in [0.4, 0.5) is 5.69 Å². The molecule has 3 aromatic rings. The smallest absolute Gasteiger partial charge is 0.349 e. The lowest BCUT2D eigenvalue weighted by atomic mass is 10.2. The summed E-state index contributed by atoms with van der Waals surface area (Å²) in [5, 5.41) is 0.929. The Morgan fingerprint density at radius 1 is 1.19 bits per heavy atom. The van der Waals surface area contributed by atoms with Crippen molar-refractivity contribution in [3.05, 3.63) is 57.9 Å². The highest BCUT2D eigenvalue weighted by Gasteiger charge is 2.29. The van der Waals surface area contributed by atoms with Gasteiger partial charge in [0.25, 0.3) is 10.0 Å². The zero-order chi connectivity index (χ0) is 18.9. The van der Waals surface area contributed by atoms with Crippen molar-refractivity contribution in [1.29, 1.82) is 0 Å². The van der Waals surface area contributed by atoms with Crippen LogP contribution in [0.25, 0.3) is 10.1 Å². The molecule has 8 heteroatoms. The second-order valence-corrected chi connectivity index (χ2v) is 8.57. The van der Waals surface area contributed by atoms with E-state index in [2.05, 4.69) is 4.72 Å². The zero-order valence-electron chi connectivity index (χ0n) is 14.1. The molecule has 1 N–H and O–H groups in total. The molecule has 0 unspecified atom stereocenters. The molecule has 0 fully saturated rings. The first-order valence-corrected chi connectivity index (χ1v) is 10.5. The highest BCUT2D eigenvalue weighted by Crippen LogP contribution is 2.36. The van der Waals surface area contributed by atoms with Gasteiger partial charge in [-0.3, -0.25) is 4.72 Å². The Kier molecular flexibility index (Phi) is 5.22. The van der Waals surface area contributed by atoms with Crippen LogP contribution in [0, 0.1) is 6.92 Å². The van der Waals surface area contributed by atoms with Gasteiger partial charge in [0.15, 0.2) is 0 Å². The van der Waals surface area contributed by atoms with Crippen LogP contribution in [-0.2, 0) is 14.8 Å². The summed E-state index contributed by atoms with van der Waals surface area (Å²) in [5.41, 5.74) is 0.970. The van der Waals surface area contributed by atoms with Crippen molar-refractivity contribution in [1.82, 2.24) is 0 Å². The maximum Gasteiger partial charge on any atom is 0.349 e. The number of benzene rings is 2. The van der Waals surface area contributed by atoms with Crippen molar-refractivity contribution in [2.45, 2.75) is 18.7 Å². The Morgan fingerprint density at radius 3 is 2.65 bits per heavy atom. The average molecular weight is 410 g/mol. The Hall–Kier alpha value is -2.09. The topological polar surface area (TPSA) is 72.5 Å². The number of hydrogen-bond donors (Lipinski definition) is 1. The maximum absolute atomic E-state index is 13.1. The first kappa shape index (κ1) is 18.7. The predicted octanol–water partition coefficient (Wildman–Crippen LogP) is 4.84. The van der Waals surface area contributed by atoms with Crippen LogP contribution in [-0.4, -0.2) is 21.0 Å². The third kappa shape index (κ3) is 3.42. The molecule has 0 atom stereocenters. The summed E-state index contributed by atoms with van der Waals surface area (Å²) in [6.07, 6.45) is 0. The zero-order valence-corrected chi connectivity index (χ0v) is 16.5. The number of sulfonamides is 1. The number of thiophene rings is 1. The molecule has 0 saturated carbocycles. The first-order valence-electron chi connectivity index (χ1n) is 7.81. The number of carbonyl (C=O) groups is 1. The lowest BCUT2D eigenvalue weighted by Gasteiger charge is -2.12. The van der Waals surface area contributed by atoms with Crippen LogP contribution in [0.2, 0.25) is 5.02 Å². The second kappa shape index (κ2) is 7.26. The van der Waals surface area contributed by atoms with Crippen LogP contribution >= 0.6 is 22.9 Å². The van der Waals surface area contributed by atoms with Crippen molar-refractivity contribution in [3.63, 3.8) is 0 Å². The third-order valence-corrected chi connectivity index (χ3v) is 6.93. The van der Waals surface area contributed by atoms with E-state index in [1.807, 2.05) is 0 Å². The molecule has 3 rings (SSSR count). The number of carbonyl (C=O) groups excluding carboxylic acids is 1. The van der Waals surface area contributed by atoms with Gasteiger partial charge in [-0.15, -0.1) is 11.3 Å². The standard InChI is InChI=1S/C18H16ClNO4S2/c1-3-24-18(21)16-17(12-7-4-5-10-15(12)25-16)26(22,23)20-14-9-6-8-13(19)11(14)2/h4-10,20H,3H2,1-2H3. The van der Waals surface area contributed by atoms with Crippen LogP contribution in [0.1, 0.15) is 22.2 Å². The van der Waals surface area contributed by atoms with E-state index in [1.54, 1.807) is 56.3 Å². The summed E-state index contributed by atoms with van der Waals surface area (Å²) >= 11 is 7.18. The van der Waals surface area contributed by atoms with E-state index in [1.165, 1.54) is 0 Å². The summed E-state index contributed by atoms with van der Waals surface area (Å²) in [5.74, 6) is -0.656. The molecule has 0 amide bonds. The molecule has 5 nitrogen and oxygen atoms in total. The lowest BCUT2D eigenvalue weighted by molar-refractivity contribution is 0.0528. The number of ether oxygens (including phenoxy) is 1. The van der Waals surface area contributed by atoms with Gasteiger partial charge in [0.05, 0.1) is 12.3 Å². The van der Waals surface area contributed by atoms with Gasteiger partial charge < -0.3 is 4.74 Å². The summed E-state index contributed by atoms with van der Waals surface area (Å²) in [6, 6.07) is 11.9. The fourth-order valence-electron chi connectivity index (χ4n) is 2.53. The minimum Gasteiger partial charge on any atom is -0.462 e. The fraction of sp³-hybridized carbons (Fsp3) is 0.167. The molecule has 0 aliphatic heterocycles. The third-order valence-electron chi connectivity index (χ3n) is 3.79. The first-order chi connectivity index (χ1) is 12.3. The van der Waals surface area contributed by atoms with Crippen LogP contribution in [0.3, 0.4) is 0 Å². The van der Waals surface area contributed by atoms with Gasteiger partial charge >= 0.3 is 5.97 Å². The second-order valence-electron chi connectivity index (χ2n) is 5.49. The van der Waals surface area contributed by atoms with Crippen LogP contribution in [0.15, 0.2) is 47.4 Å². The highest BCUT2D eigenvalue weighted by atomic mass is 35.5. The normalized spacial score (nSPS) is 11.5.